The van der Waals surface area contributed by atoms with Crippen molar-refractivity contribution in [3.8, 4) is 0 Å². The van der Waals surface area contributed by atoms with Crippen LogP contribution in [0.15, 0.2) is 0 Å². The third-order valence-electron chi connectivity index (χ3n) is 6.32. The summed E-state index contributed by atoms with van der Waals surface area (Å²) in [5, 5.41) is 0. The number of hydrogen-bond donors (Lipinski definition) is 0. The maximum atomic E-state index is 2.94. The Bertz CT molecular complexity index is 273. The summed E-state index contributed by atoms with van der Waals surface area (Å²) in [6, 6.07) is 0. The third kappa shape index (κ3) is 8.56. The van der Waals surface area contributed by atoms with Gasteiger partial charge in [0.1, 0.15) is 0 Å². The van der Waals surface area contributed by atoms with Gasteiger partial charge < -0.3 is 0 Å². The van der Waals surface area contributed by atoms with Crippen LogP contribution in [0.1, 0.15) is 0 Å². The summed E-state index contributed by atoms with van der Waals surface area (Å²) in [5.41, 5.74) is 3.75. The molecule has 128 valence electrons. The van der Waals surface area contributed by atoms with Gasteiger partial charge in [-0.15, -0.1) is 0 Å². The molecular formula is C12H44Si9. The van der Waals surface area contributed by atoms with Gasteiger partial charge in [0.2, 0.25) is 0 Å². The van der Waals surface area contributed by atoms with Crippen molar-refractivity contribution >= 4 is 74.1 Å². The fourth-order valence-electron chi connectivity index (χ4n) is 4.05. The Morgan fingerprint density at radius 2 is 1.19 bits per heavy atom. The van der Waals surface area contributed by atoms with Crippen LogP contribution < -0.4 is 0 Å². The predicted octanol–water partition coefficient (Wildman–Crippen LogP) is 0.655. The average molecular weight is 441 g/mol. The highest BCUT2D eigenvalue weighted by Crippen LogP contribution is 2.14. The second-order valence-electron chi connectivity index (χ2n) is 8.84. The van der Waals surface area contributed by atoms with Crippen LogP contribution in [0.5, 0.6) is 0 Å². The molecule has 6 unspecified atom stereocenters. The van der Waals surface area contributed by atoms with Gasteiger partial charge in [0.05, 0.1) is 0 Å². The number of rotatable bonds is 10. The molecule has 0 saturated carbocycles. The summed E-state index contributed by atoms with van der Waals surface area (Å²) in [7, 11) is -1.18. The van der Waals surface area contributed by atoms with Gasteiger partial charge in [-0.05, 0) is 0 Å². The van der Waals surface area contributed by atoms with E-state index in [0.29, 0.717) is 9.04 Å². The normalized spacial score (nSPS) is 21.7. The zero-order valence-corrected chi connectivity index (χ0v) is 27.4. The lowest BCUT2D eigenvalue weighted by molar-refractivity contribution is 1.66. The molecule has 0 spiro atoms. The maximum absolute atomic E-state index is 2.94. The molecular weight excluding hydrogens is 397 g/mol. The quantitative estimate of drug-likeness (QED) is 0.437. The van der Waals surface area contributed by atoms with Crippen LogP contribution in [-0.4, -0.2) is 74.1 Å². The van der Waals surface area contributed by atoms with E-state index in [-0.39, 0.29) is 65.1 Å². The van der Waals surface area contributed by atoms with Crippen LogP contribution >= 0.6 is 0 Å². The predicted molar refractivity (Wildman–Crippen MR) is 134 cm³/mol. The monoisotopic (exact) mass is 440 g/mol. The smallest absolute Gasteiger partial charge is 0.0276 e. The van der Waals surface area contributed by atoms with E-state index >= 15 is 0 Å². The topological polar surface area (TPSA) is 0 Å². The van der Waals surface area contributed by atoms with Crippen molar-refractivity contribution in [2.24, 2.45) is 0 Å². The Morgan fingerprint density at radius 1 is 0.667 bits per heavy atom. The molecule has 0 aromatic carbocycles. The van der Waals surface area contributed by atoms with Crippen LogP contribution in [0.3, 0.4) is 0 Å². The minimum absolute atomic E-state index is 0.100. The van der Waals surface area contributed by atoms with Crippen molar-refractivity contribution in [2.75, 3.05) is 0 Å². The first-order chi connectivity index (χ1) is 9.61. The van der Waals surface area contributed by atoms with Gasteiger partial charge in [-0.3, -0.25) is 0 Å². The van der Waals surface area contributed by atoms with E-state index in [2.05, 4.69) is 65.5 Å². The molecule has 0 aliphatic carbocycles. The minimum Gasteiger partial charge on any atom is -0.0771 e. The van der Waals surface area contributed by atoms with Crippen molar-refractivity contribution in [1.29, 1.82) is 0 Å². The molecule has 0 aliphatic heterocycles. The summed E-state index contributed by atoms with van der Waals surface area (Å²) in [5.74, 6) is 0. The second-order valence-corrected chi connectivity index (χ2v) is 79.2. The second kappa shape index (κ2) is 11.5. The summed E-state index contributed by atoms with van der Waals surface area (Å²) in [4.78, 5) is 0. The molecule has 0 amide bonds. The van der Waals surface area contributed by atoms with Gasteiger partial charge >= 0.3 is 0 Å². The van der Waals surface area contributed by atoms with Gasteiger partial charge in [0.15, 0.2) is 0 Å². The first-order valence-electron chi connectivity index (χ1n) is 9.61. The molecule has 0 nitrogen and oxygen atoms in total. The van der Waals surface area contributed by atoms with Crippen LogP contribution in [0.2, 0.25) is 76.8 Å². The lowest BCUT2D eigenvalue weighted by atomic mass is 11.8. The summed E-state index contributed by atoms with van der Waals surface area (Å²) in [6.45, 7) is 27.6. The van der Waals surface area contributed by atoms with Gasteiger partial charge in [-0.25, -0.2) is 0 Å². The molecule has 0 saturated heterocycles. The van der Waals surface area contributed by atoms with Gasteiger partial charge in [-0.2, -0.15) is 0 Å². The van der Waals surface area contributed by atoms with Crippen molar-refractivity contribution in [3.63, 3.8) is 0 Å². The Morgan fingerprint density at radius 3 is 1.57 bits per heavy atom. The van der Waals surface area contributed by atoms with Gasteiger partial charge in [0.25, 0.3) is 0 Å². The van der Waals surface area contributed by atoms with Crippen LogP contribution in [0.4, 0.5) is 0 Å². The van der Waals surface area contributed by atoms with E-state index in [9.17, 15) is 0 Å². The highest BCUT2D eigenvalue weighted by molar-refractivity contribution is 7.82. The highest BCUT2D eigenvalue weighted by atomic mass is 30.0. The molecule has 21 heavy (non-hydrogen) atoms. The van der Waals surface area contributed by atoms with Crippen LogP contribution in [0, 0.1) is 0 Å². The number of hydrogen-bond acceptors (Lipinski definition) is 0. The van der Waals surface area contributed by atoms with E-state index in [4.69, 9.17) is 0 Å². The fraction of sp³-hybridized carbons (Fsp3) is 1.00. The molecule has 0 rings (SSSR count). The molecule has 9 heteroatoms. The molecule has 0 heterocycles. The first-order valence-corrected chi connectivity index (χ1v) is 41.3. The van der Waals surface area contributed by atoms with Crippen molar-refractivity contribution in [3.05, 3.63) is 0 Å². The van der Waals surface area contributed by atoms with E-state index < -0.39 is 0 Å². The van der Waals surface area contributed by atoms with E-state index in [0.717, 1.165) is 0 Å². The average Bonchev–Trinajstić information content (AvgIpc) is 2.40. The molecule has 0 bridgehead atoms. The zero-order chi connectivity index (χ0) is 16.7. The fourth-order valence-corrected chi connectivity index (χ4v) is 203. The Hall–Kier alpha value is 1.95. The highest BCUT2D eigenvalue weighted by Gasteiger charge is 2.35. The van der Waals surface area contributed by atoms with Crippen molar-refractivity contribution < 1.29 is 0 Å². The Labute approximate surface area is 150 Å². The van der Waals surface area contributed by atoms with Gasteiger partial charge in [0, 0.05) is 74.1 Å². The van der Waals surface area contributed by atoms with Crippen molar-refractivity contribution in [1.82, 2.24) is 0 Å². The van der Waals surface area contributed by atoms with Crippen LogP contribution in [-0.2, 0) is 0 Å². The van der Waals surface area contributed by atoms with E-state index in [1.165, 1.54) is 0 Å². The van der Waals surface area contributed by atoms with Crippen LogP contribution in [0.25, 0.3) is 0 Å². The molecule has 0 N–H and O–H groups in total. The lowest BCUT2D eigenvalue weighted by Gasteiger charge is -2.35. The SMILES string of the molecule is C[SiH2][SiH](C)[SiH](C)[SiH](C)[SiH](C[SiH](C)C[SiH](C)C)[SiH](C)[SiH](C)C. The maximum Gasteiger partial charge on any atom is 0.0276 e. The summed E-state index contributed by atoms with van der Waals surface area (Å²) in [6.07, 6.45) is 0. The third-order valence-corrected chi connectivity index (χ3v) is 133. The molecule has 0 fully saturated rings. The van der Waals surface area contributed by atoms with Crippen molar-refractivity contribution in [2.45, 2.75) is 76.8 Å². The summed E-state index contributed by atoms with van der Waals surface area (Å²) >= 11 is 0. The molecule has 6 atom stereocenters. The largest absolute Gasteiger partial charge is 0.0771 e. The molecule has 0 aliphatic rings. The minimum atomic E-state index is -0.289. The van der Waals surface area contributed by atoms with E-state index in [1.54, 1.807) is 5.67 Å². The molecule has 0 aromatic heterocycles. The summed E-state index contributed by atoms with van der Waals surface area (Å²) < 4.78 is 0. The zero-order valence-electron chi connectivity index (χ0n) is 16.7. The Balaban J connectivity index is 4.96. The molecule has 0 aromatic rings. The standard InChI is InChI=1S/C12H44Si9/c1-13-17(7)19(9)20(10)21(18(8)15(4)5)12-16(6)11-14(2)3/h14-21H,11-13H2,1-10H3. The lowest BCUT2D eigenvalue weighted by Crippen LogP contribution is -2.62. The first kappa shape index (κ1) is 23.0. The van der Waals surface area contributed by atoms with E-state index in [1.807, 2.05) is 5.67 Å². The molecule has 0 radical (unpaired) electrons. The Kier molecular flexibility index (Phi) is 12.6. The van der Waals surface area contributed by atoms with Gasteiger partial charge in [-0.1, -0.05) is 76.8 Å².